The minimum absolute atomic E-state index is 0.360. The van der Waals surface area contributed by atoms with Gasteiger partial charge in [-0.05, 0) is 24.1 Å². The number of nitrogens with zero attached hydrogens (tertiary/aromatic N) is 2. The van der Waals surface area contributed by atoms with Crippen LogP contribution in [0.15, 0.2) is 33.9 Å². The van der Waals surface area contributed by atoms with Gasteiger partial charge in [-0.2, -0.15) is 0 Å². The van der Waals surface area contributed by atoms with Gasteiger partial charge in [0.05, 0.1) is 0 Å². The van der Waals surface area contributed by atoms with Gasteiger partial charge in [-0.1, -0.05) is 43.0 Å². The molecule has 1 N–H and O–H groups in total. The highest BCUT2D eigenvalue weighted by atomic mass is 32.2. The summed E-state index contributed by atoms with van der Waals surface area (Å²) in [5, 5.41) is 12.6. The first-order valence-corrected chi connectivity index (χ1v) is 7.44. The maximum Gasteiger partial charge on any atom is 0.276 e. The summed E-state index contributed by atoms with van der Waals surface area (Å²) >= 11 is 1.67. The molecule has 0 saturated carbocycles. The lowest BCUT2D eigenvalue weighted by Crippen LogP contribution is -2.26. The molecule has 1 heterocycles. The smallest absolute Gasteiger partial charge is 0.276 e. The molecule has 3 rings (SSSR count). The van der Waals surface area contributed by atoms with E-state index in [1.54, 1.807) is 11.8 Å². The van der Waals surface area contributed by atoms with Crippen molar-refractivity contribution < 1.29 is 4.42 Å². The van der Waals surface area contributed by atoms with Crippen molar-refractivity contribution in [3.8, 4) is 0 Å². The molecule has 5 heteroatoms. The molecule has 0 radical (unpaired) electrons. The van der Waals surface area contributed by atoms with Gasteiger partial charge in [0, 0.05) is 18.2 Å². The SMILES string of the molecule is CCNC1c2ccccc2CC1Sc1nnc(C)o1. The number of nitrogens with one attached hydrogen (secondary N) is 1. The number of rotatable bonds is 4. The normalized spacial score (nSPS) is 21.6. The van der Waals surface area contributed by atoms with E-state index < -0.39 is 0 Å². The molecule has 0 spiro atoms. The monoisotopic (exact) mass is 275 g/mol. The Morgan fingerprint density at radius 3 is 2.95 bits per heavy atom. The Bertz CT molecular complexity index is 569. The van der Waals surface area contributed by atoms with E-state index in [-0.39, 0.29) is 0 Å². The molecule has 2 aromatic rings. The van der Waals surface area contributed by atoms with Crippen molar-refractivity contribution in [1.29, 1.82) is 0 Å². The van der Waals surface area contributed by atoms with Crippen molar-refractivity contribution in [3.05, 3.63) is 41.3 Å². The number of benzene rings is 1. The Labute approximate surface area is 117 Å². The van der Waals surface area contributed by atoms with Crippen LogP contribution in [-0.2, 0) is 6.42 Å². The lowest BCUT2D eigenvalue weighted by Gasteiger charge is -2.19. The third-order valence-corrected chi connectivity index (χ3v) is 4.47. The fraction of sp³-hybridized carbons (Fsp3) is 0.429. The Morgan fingerprint density at radius 1 is 1.37 bits per heavy atom. The van der Waals surface area contributed by atoms with Crippen LogP contribution in [0.3, 0.4) is 0 Å². The maximum atomic E-state index is 5.48. The Morgan fingerprint density at radius 2 is 2.21 bits per heavy atom. The highest BCUT2D eigenvalue weighted by Gasteiger charge is 2.33. The zero-order valence-corrected chi connectivity index (χ0v) is 11.9. The zero-order chi connectivity index (χ0) is 13.2. The summed E-state index contributed by atoms with van der Waals surface area (Å²) in [5.74, 6) is 0.623. The lowest BCUT2D eigenvalue weighted by atomic mass is 10.1. The second-order valence-corrected chi connectivity index (χ2v) is 5.87. The highest BCUT2D eigenvalue weighted by molar-refractivity contribution is 7.99. The number of thioether (sulfide) groups is 1. The van der Waals surface area contributed by atoms with Gasteiger partial charge >= 0.3 is 0 Å². The predicted octanol–water partition coefficient (Wildman–Crippen LogP) is 2.75. The number of fused-ring (bicyclic) bond motifs is 1. The molecular weight excluding hydrogens is 258 g/mol. The first-order chi connectivity index (χ1) is 9.28. The molecule has 0 saturated heterocycles. The number of aromatic nitrogens is 2. The topological polar surface area (TPSA) is 51.0 Å². The molecule has 1 aromatic heterocycles. The number of aryl methyl sites for hydroxylation is 1. The van der Waals surface area contributed by atoms with Gasteiger partial charge in [-0.25, -0.2) is 0 Å². The molecule has 2 unspecified atom stereocenters. The molecule has 0 aliphatic heterocycles. The molecule has 1 aromatic carbocycles. The van der Waals surface area contributed by atoms with Crippen LogP contribution < -0.4 is 5.32 Å². The average Bonchev–Trinajstić information content (AvgIpc) is 2.96. The lowest BCUT2D eigenvalue weighted by molar-refractivity contribution is 0.426. The van der Waals surface area contributed by atoms with Gasteiger partial charge in [-0.15, -0.1) is 10.2 Å². The van der Waals surface area contributed by atoms with Crippen LogP contribution in [0, 0.1) is 6.92 Å². The first-order valence-electron chi connectivity index (χ1n) is 6.56. The van der Waals surface area contributed by atoms with E-state index in [0.29, 0.717) is 22.4 Å². The molecule has 0 bridgehead atoms. The number of hydrogen-bond donors (Lipinski definition) is 1. The van der Waals surface area contributed by atoms with Gasteiger partial charge in [0.15, 0.2) is 0 Å². The molecule has 1 aliphatic rings. The summed E-state index contributed by atoms with van der Waals surface area (Å²) < 4.78 is 5.48. The average molecular weight is 275 g/mol. The zero-order valence-electron chi connectivity index (χ0n) is 11.1. The third kappa shape index (κ3) is 2.53. The summed E-state index contributed by atoms with van der Waals surface area (Å²) in [6, 6.07) is 8.99. The minimum Gasteiger partial charge on any atom is -0.416 e. The summed E-state index contributed by atoms with van der Waals surface area (Å²) in [4.78, 5) is 0. The van der Waals surface area contributed by atoms with Crippen molar-refractivity contribution in [2.45, 2.75) is 36.8 Å². The quantitative estimate of drug-likeness (QED) is 0.929. The van der Waals surface area contributed by atoms with Gasteiger partial charge in [0.25, 0.3) is 5.22 Å². The summed E-state index contributed by atoms with van der Waals surface area (Å²) in [6.07, 6.45) is 1.04. The molecular formula is C14H17N3OS. The second-order valence-electron chi connectivity index (χ2n) is 4.68. The molecule has 4 nitrogen and oxygen atoms in total. The van der Waals surface area contributed by atoms with Crippen LogP contribution in [0.2, 0.25) is 0 Å². The summed E-state index contributed by atoms with van der Waals surface area (Å²) in [6.45, 7) is 4.92. The van der Waals surface area contributed by atoms with Gasteiger partial charge < -0.3 is 9.73 Å². The first kappa shape index (κ1) is 12.7. The van der Waals surface area contributed by atoms with Crippen molar-refractivity contribution in [2.24, 2.45) is 0 Å². The van der Waals surface area contributed by atoms with Crippen LogP contribution in [0.4, 0.5) is 0 Å². The van der Waals surface area contributed by atoms with E-state index >= 15 is 0 Å². The minimum atomic E-state index is 0.360. The van der Waals surface area contributed by atoms with E-state index in [0.717, 1.165) is 13.0 Å². The van der Waals surface area contributed by atoms with E-state index in [2.05, 4.69) is 46.7 Å². The molecule has 0 fully saturated rings. The molecule has 2 atom stereocenters. The Balaban J connectivity index is 1.82. The van der Waals surface area contributed by atoms with E-state index in [1.807, 2.05) is 6.92 Å². The Kier molecular flexibility index (Phi) is 3.57. The third-order valence-electron chi connectivity index (χ3n) is 3.37. The van der Waals surface area contributed by atoms with E-state index in [4.69, 9.17) is 4.42 Å². The standard InChI is InChI=1S/C14H17N3OS/c1-3-15-13-11-7-5-4-6-10(11)8-12(13)19-14-17-16-9(2)18-14/h4-7,12-13,15H,3,8H2,1-2H3. The fourth-order valence-electron chi connectivity index (χ4n) is 2.58. The molecule has 0 amide bonds. The van der Waals surface area contributed by atoms with Crippen molar-refractivity contribution in [2.75, 3.05) is 6.54 Å². The Hall–Kier alpha value is -1.33. The highest BCUT2D eigenvalue weighted by Crippen LogP contribution is 2.40. The fourth-order valence-corrected chi connectivity index (χ4v) is 3.74. The second kappa shape index (κ2) is 5.35. The molecule has 100 valence electrons. The largest absolute Gasteiger partial charge is 0.416 e. The van der Waals surface area contributed by atoms with Gasteiger partial charge in [0.2, 0.25) is 5.89 Å². The van der Waals surface area contributed by atoms with Crippen LogP contribution in [0.5, 0.6) is 0 Å². The van der Waals surface area contributed by atoms with E-state index in [1.165, 1.54) is 11.1 Å². The van der Waals surface area contributed by atoms with E-state index in [9.17, 15) is 0 Å². The van der Waals surface area contributed by atoms with Crippen LogP contribution in [0.1, 0.15) is 30.0 Å². The predicted molar refractivity (Wildman–Crippen MR) is 75.2 cm³/mol. The summed E-state index contributed by atoms with van der Waals surface area (Å²) in [7, 11) is 0. The van der Waals surface area contributed by atoms with Crippen molar-refractivity contribution in [1.82, 2.24) is 15.5 Å². The van der Waals surface area contributed by atoms with Crippen LogP contribution in [0.25, 0.3) is 0 Å². The van der Waals surface area contributed by atoms with Crippen molar-refractivity contribution in [3.63, 3.8) is 0 Å². The number of hydrogen-bond acceptors (Lipinski definition) is 5. The van der Waals surface area contributed by atoms with Gasteiger partial charge in [-0.3, -0.25) is 0 Å². The summed E-state index contributed by atoms with van der Waals surface area (Å²) in [5.41, 5.74) is 2.82. The molecule has 1 aliphatic carbocycles. The molecule has 19 heavy (non-hydrogen) atoms. The van der Waals surface area contributed by atoms with Gasteiger partial charge in [0.1, 0.15) is 0 Å². The van der Waals surface area contributed by atoms with Crippen LogP contribution >= 0.6 is 11.8 Å². The van der Waals surface area contributed by atoms with Crippen LogP contribution in [-0.4, -0.2) is 22.0 Å². The van der Waals surface area contributed by atoms with Crippen molar-refractivity contribution >= 4 is 11.8 Å². The maximum absolute atomic E-state index is 5.48.